The molecule has 6 nitrogen and oxygen atoms in total. The van der Waals surface area contributed by atoms with Crippen molar-refractivity contribution in [2.24, 2.45) is 0 Å². The molecule has 3 N–H and O–H groups in total. The van der Waals surface area contributed by atoms with Gasteiger partial charge in [-0.2, -0.15) is 0 Å². The van der Waals surface area contributed by atoms with Crippen LogP contribution in [0.1, 0.15) is 48.2 Å². The first-order chi connectivity index (χ1) is 13.0. The first-order valence-electron chi connectivity index (χ1n) is 9.09. The standard InChI is InChI=1S/C20H23FN4O2/c1-2-18(26)25-11-9-13(10-12-25)17-8-7-16(19(22)24-17)20(27)23-15-5-3-14(21)4-6-15/h3-8,13H,2,9-12H2,1H3,(H2,22,24)(H,23,27). The maximum absolute atomic E-state index is 13.0. The van der Waals surface area contributed by atoms with E-state index in [1.807, 2.05) is 17.9 Å². The van der Waals surface area contributed by atoms with Crippen LogP contribution in [0.4, 0.5) is 15.9 Å². The van der Waals surface area contributed by atoms with E-state index < -0.39 is 0 Å². The van der Waals surface area contributed by atoms with Crippen molar-refractivity contribution >= 4 is 23.3 Å². The second kappa shape index (κ2) is 8.16. The van der Waals surface area contributed by atoms with E-state index in [-0.39, 0.29) is 34.9 Å². The highest BCUT2D eigenvalue weighted by Gasteiger charge is 2.24. The van der Waals surface area contributed by atoms with E-state index in [2.05, 4.69) is 10.3 Å². The largest absolute Gasteiger partial charge is 0.383 e. The Balaban J connectivity index is 1.66. The van der Waals surface area contributed by atoms with Crippen LogP contribution < -0.4 is 11.1 Å². The highest BCUT2D eigenvalue weighted by Crippen LogP contribution is 2.28. The van der Waals surface area contributed by atoms with Crippen molar-refractivity contribution in [2.45, 2.75) is 32.1 Å². The summed E-state index contributed by atoms with van der Waals surface area (Å²) in [6.07, 6.45) is 2.19. The summed E-state index contributed by atoms with van der Waals surface area (Å²) in [5, 5.41) is 2.68. The number of amides is 2. The summed E-state index contributed by atoms with van der Waals surface area (Å²) < 4.78 is 13.0. The minimum atomic E-state index is -0.387. The highest BCUT2D eigenvalue weighted by molar-refractivity contribution is 6.07. The van der Waals surface area contributed by atoms with E-state index >= 15 is 0 Å². The zero-order chi connectivity index (χ0) is 19.4. The number of aromatic nitrogens is 1. The molecule has 2 amide bonds. The number of rotatable bonds is 4. The molecule has 0 aliphatic carbocycles. The number of carbonyl (C=O) groups is 2. The quantitative estimate of drug-likeness (QED) is 0.865. The number of anilines is 2. The van der Waals surface area contributed by atoms with Crippen LogP contribution in [0.15, 0.2) is 36.4 Å². The summed E-state index contributed by atoms with van der Waals surface area (Å²) in [5.74, 6) is -0.193. The van der Waals surface area contributed by atoms with Crippen molar-refractivity contribution in [3.8, 4) is 0 Å². The Morgan fingerprint density at radius 3 is 2.44 bits per heavy atom. The normalized spacial score (nSPS) is 14.8. The van der Waals surface area contributed by atoms with E-state index in [4.69, 9.17) is 5.73 Å². The topological polar surface area (TPSA) is 88.3 Å². The van der Waals surface area contributed by atoms with E-state index in [1.54, 1.807) is 6.07 Å². The van der Waals surface area contributed by atoms with Gasteiger partial charge in [0.2, 0.25) is 5.91 Å². The number of carbonyl (C=O) groups excluding carboxylic acids is 2. The van der Waals surface area contributed by atoms with Crippen molar-refractivity contribution in [3.63, 3.8) is 0 Å². The molecule has 1 aromatic heterocycles. The third-order valence-corrected chi connectivity index (χ3v) is 4.86. The molecule has 1 aromatic carbocycles. The van der Waals surface area contributed by atoms with Gasteiger partial charge in [-0.25, -0.2) is 9.37 Å². The molecule has 0 saturated carbocycles. The highest BCUT2D eigenvalue weighted by atomic mass is 19.1. The lowest BCUT2D eigenvalue weighted by molar-refractivity contribution is -0.131. The van der Waals surface area contributed by atoms with Gasteiger partial charge in [-0.15, -0.1) is 0 Å². The third-order valence-electron chi connectivity index (χ3n) is 4.86. The van der Waals surface area contributed by atoms with Crippen LogP contribution in [0.2, 0.25) is 0 Å². The molecule has 1 fully saturated rings. The molecule has 1 saturated heterocycles. The number of hydrogen-bond acceptors (Lipinski definition) is 4. The maximum atomic E-state index is 13.0. The molecule has 2 aromatic rings. The van der Waals surface area contributed by atoms with E-state index in [9.17, 15) is 14.0 Å². The molecule has 27 heavy (non-hydrogen) atoms. The van der Waals surface area contributed by atoms with Crippen LogP contribution in [-0.2, 0) is 4.79 Å². The van der Waals surface area contributed by atoms with E-state index in [0.717, 1.165) is 18.5 Å². The fourth-order valence-corrected chi connectivity index (χ4v) is 3.29. The fourth-order valence-electron chi connectivity index (χ4n) is 3.29. The number of nitrogens with zero attached hydrogens (tertiary/aromatic N) is 2. The number of piperidine rings is 1. The molecule has 0 atom stereocenters. The molecule has 1 aliphatic heterocycles. The minimum absolute atomic E-state index is 0.166. The molecule has 7 heteroatoms. The number of halogens is 1. The zero-order valence-electron chi connectivity index (χ0n) is 15.2. The average Bonchev–Trinajstić information content (AvgIpc) is 2.69. The van der Waals surface area contributed by atoms with Gasteiger partial charge in [-0.05, 0) is 49.2 Å². The molecule has 1 aliphatic rings. The van der Waals surface area contributed by atoms with Crippen molar-refractivity contribution in [1.82, 2.24) is 9.88 Å². The van der Waals surface area contributed by atoms with Gasteiger partial charge in [-0.1, -0.05) is 6.92 Å². The first kappa shape index (κ1) is 18.8. The Labute approximate surface area is 157 Å². The lowest BCUT2D eigenvalue weighted by Crippen LogP contribution is -2.37. The molecule has 142 valence electrons. The van der Waals surface area contributed by atoms with Crippen molar-refractivity contribution < 1.29 is 14.0 Å². The Morgan fingerprint density at radius 1 is 1.19 bits per heavy atom. The van der Waals surface area contributed by atoms with Gasteiger partial charge in [-0.3, -0.25) is 9.59 Å². The molecule has 0 radical (unpaired) electrons. The van der Waals surface area contributed by atoms with Crippen LogP contribution in [0.25, 0.3) is 0 Å². The lowest BCUT2D eigenvalue weighted by Gasteiger charge is -2.31. The number of nitrogens with one attached hydrogen (secondary N) is 1. The molecular formula is C20H23FN4O2. The monoisotopic (exact) mass is 370 g/mol. The summed E-state index contributed by atoms with van der Waals surface area (Å²) in [5.41, 5.74) is 7.61. The smallest absolute Gasteiger partial charge is 0.259 e. The van der Waals surface area contributed by atoms with Crippen LogP contribution in [-0.4, -0.2) is 34.8 Å². The second-order valence-corrected chi connectivity index (χ2v) is 6.64. The van der Waals surface area contributed by atoms with Crippen LogP contribution in [0.5, 0.6) is 0 Å². The van der Waals surface area contributed by atoms with Gasteiger partial charge in [0.1, 0.15) is 11.6 Å². The Hall–Kier alpha value is -2.96. The number of likely N-dealkylation sites (tertiary alicyclic amines) is 1. The van der Waals surface area contributed by atoms with Gasteiger partial charge in [0.25, 0.3) is 5.91 Å². The molecular weight excluding hydrogens is 347 g/mol. The minimum Gasteiger partial charge on any atom is -0.383 e. The second-order valence-electron chi connectivity index (χ2n) is 6.64. The van der Waals surface area contributed by atoms with Crippen molar-refractivity contribution in [3.05, 3.63) is 53.5 Å². The SMILES string of the molecule is CCC(=O)N1CCC(c2ccc(C(=O)Nc3ccc(F)cc3)c(N)n2)CC1. The fraction of sp³-hybridized carbons (Fsp3) is 0.350. The van der Waals surface area contributed by atoms with Crippen molar-refractivity contribution in [1.29, 1.82) is 0 Å². The molecule has 0 spiro atoms. The predicted octanol–water partition coefficient (Wildman–Crippen LogP) is 3.17. The molecule has 2 heterocycles. The predicted molar refractivity (Wildman–Crippen MR) is 102 cm³/mol. The number of hydrogen-bond donors (Lipinski definition) is 2. The number of nitrogen functional groups attached to an aromatic ring is 1. The average molecular weight is 370 g/mol. The summed E-state index contributed by atoms with van der Waals surface area (Å²) >= 11 is 0. The van der Waals surface area contributed by atoms with Gasteiger partial charge >= 0.3 is 0 Å². The summed E-state index contributed by atoms with van der Waals surface area (Å²) in [6.45, 7) is 3.30. The van der Waals surface area contributed by atoms with Gasteiger partial charge in [0.15, 0.2) is 0 Å². The van der Waals surface area contributed by atoms with Gasteiger partial charge < -0.3 is 16.0 Å². The number of pyridine rings is 1. The maximum Gasteiger partial charge on any atom is 0.259 e. The lowest BCUT2D eigenvalue weighted by atomic mass is 9.92. The zero-order valence-corrected chi connectivity index (χ0v) is 15.2. The summed E-state index contributed by atoms with van der Waals surface area (Å²) in [7, 11) is 0. The summed E-state index contributed by atoms with van der Waals surface area (Å²) in [4.78, 5) is 30.5. The Morgan fingerprint density at radius 2 is 1.85 bits per heavy atom. The van der Waals surface area contributed by atoms with Gasteiger partial charge in [0.05, 0.1) is 5.56 Å². The number of benzene rings is 1. The van der Waals surface area contributed by atoms with Crippen LogP contribution >= 0.6 is 0 Å². The van der Waals surface area contributed by atoms with E-state index in [0.29, 0.717) is 25.2 Å². The molecule has 0 unspecified atom stereocenters. The first-order valence-corrected chi connectivity index (χ1v) is 9.09. The Kier molecular flexibility index (Phi) is 5.69. The van der Waals surface area contributed by atoms with Crippen LogP contribution in [0, 0.1) is 5.82 Å². The van der Waals surface area contributed by atoms with Crippen molar-refractivity contribution in [2.75, 3.05) is 24.1 Å². The molecule has 0 bridgehead atoms. The third kappa shape index (κ3) is 4.42. The van der Waals surface area contributed by atoms with E-state index in [1.165, 1.54) is 24.3 Å². The van der Waals surface area contributed by atoms with Gasteiger partial charge in [0, 0.05) is 36.8 Å². The Bertz CT molecular complexity index is 830. The van der Waals surface area contributed by atoms with Crippen LogP contribution in [0.3, 0.4) is 0 Å². The number of nitrogens with two attached hydrogens (primary N) is 1. The molecule has 3 rings (SSSR count). The summed E-state index contributed by atoms with van der Waals surface area (Å²) in [6, 6.07) is 9.00.